The van der Waals surface area contributed by atoms with Gasteiger partial charge in [-0.3, -0.25) is 10.0 Å². The van der Waals surface area contributed by atoms with E-state index in [9.17, 15) is 10.0 Å². The Labute approximate surface area is 144 Å². The number of rotatable bonds is 5. The van der Waals surface area contributed by atoms with Crippen LogP contribution in [-0.4, -0.2) is 11.1 Å². The molecule has 4 nitrogen and oxygen atoms in total. The van der Waals surface area contributed by atoms with E-state index in [1.54, 1.807) is 13.0 Å². The van der Waals surface area contributed by atoms with Crippen LogP contribution in [0.25, 0.3) is 0 Å². The number of para-hydroxylation sites is 1. The van der Waals surface area contributed by atoms with Crippen molar-refractivity contribution in [3.63, 3.8) is 0 Å². The van der Waals surface area contributed by atoms with Gasteiger partial charge in [0, 0.05) is 16.5 Å². The molecular formula is C18H20BrNO3. The molecule has 0 aliphatic heterocycles. The maximum atomic E-state index is 11.8. The number of carbonyl (C=O) groups excluding carboxylic acids is 1. The fraction of sp³-hybridized carbons (Fsp3) is 0.278. The van der Waals surface area contributed by atoms with Crippen LogP contribution in [0, 0.1) is 13.8 Å². The summed E-state index contributed by atoms with van der Waals surface area (Å²) >= 11 is 3.39. The van der Waals surface area contributed by atoms with E-state index in [0.717, 1.165) is 16.9 Å². The monoisotopic (exact) mass is 377 g/mol. The normalized spacial score (nSPS) is 10.5. The van der Waals surface area contributed by atoms with Crippen molar-refractivity contribution in [3.05, 3.63) is 57.6 Å². The minimum Gasteiger partial charge on any atom is -0.489 e. The molecule has 0 saturated carbocycles. The number of benzene rings is 2. The minimum absolute atomic E-state index is 0.217. The lowest BCUT2D eigenvalue weighted by atomic mass is 10.1. The van der Waals surface area contributed by atoms with E-state index < -0.39 is 0 Å². The molecule has 0 aliphatic rings. The number of hydroxylamine groups is 1. The molecule has 0 fully saturated rings. The van der Waals surface area contributed by atoms with Crippen LogP contribution in [0.3, 0.4) is 0 Å². The number of halogens is 1. The Morgan fingerprint density at radius 2 is 2.00 bits per heavy atom. The van der Waals surface area contributed by atoms with E-state index in [1.807, 2.05) is 38.1 Å². The largest absolute Gasteiger partial charge is 0.489 e. The van der Waals surface area contributed by atoms with Gasteiger partial charge in [0.1, 0.15) is 12.4 Å². The summed E-state index contributed by atoms with van der Waals surface area (Å²) < 4.78 is 6.51. The average Bonchev–Trinajstić information content (AvgIpc) is 2.52. The molecule has 0 aliphatic carbocycles. The molecule has 1 N–H and O–H groups in total. The van der Waals surface area contributed by atoms with Gasteiger partial charge in [-0.15, -0.1) is 0 Å². The molecule has 0 bridgehead atoms. The Bertz CT molecular complexity index is 715. The van der Waals surface area contributed by atoms with Crippen LogP contribution in [0.15, 0.2) is 40.9 Å². The molecule has 2 aromatic rings. The summed E-state index contributed by atoms with van der Waals surface area (Å²) in [4.78, 5) is 11.8. The summed E-state index contributed by atoms with van der Waals surface area (Å²) in [6.45, 7) is 5.98. The molecule has 122 valence electrons. The first-order valence-electron chi connectivity index (χ1n) is 7.43. The number of hydrogen-bond acceptors (Lipinski definition) is 3. The number of hydrogen-bond donors (Lipinski definition) is 1. The minimum atomic E-state index is -0.371. The number of nitrogens with zero attached hydrogens (tertiary/aromatic N) is 1. The highest BCUT2D eigenvalue weighted by Gasteiger charge is 2.18. The van der Waals surface area contributed by atoms with Crippen molar-refractivity contribution in [3.8, 4) is 5.75 Å². The third-order valence-corrected chi connectivity index (χ3v) is 4.17. The van der Waals surface area contributed by atoms with E-state index in [-0.39, 0.29) is 18.9 Å². The van der Waals surface area contributed by atoms with Gasteiger partial charge in [-0.25, -0.2) is 0 Å². The zero-order valence-electron chi connectivity index (χ0n) is 13.5. The Kier molecular flexibility index (Phi) is 5.80. The number of ether oxygens (including phenoxy) is 1. The first-order chi connectivity index (χ1) is 10.9. The van der Waals surface area contributed by atoms with Crippen LogP contribution in [0.2, 0.25) is 0 Å². The van der Waals surface area contributed by atoms with Crippen LogP contribution >= 0.6 is 15.9 Å². The van der Waals surface area contributed by atoms with Gasteiger partial charge in [0.15, 0.2) is 0 Å². The van der Waals surface area contributed by atoms with Gasteiger partial charge in [-0.05, 0) is 47.5 Å². The van der Waals surface area contributed by atoms with Crippen molar-refractivity contribution in [1.82, 2.24) is 0 Å². The molecule has 0 radical (unpaired) electrons. The Morgan fingerprint density at radius 1 is 1.26 bits per heavy atom. The second-order valence-corrected chi connectivity index (χ2v) is 6.22. The molecule has 0 unspecified atom stereocenters. The standard InChI is InChI=1S/C18H20BrNO3/c1-4-17(21)20(22)18-14(6-5-7-15(18)19)11-23-16-9-8-12(2)10-13(16)3/h5-10,22H,4,11H2,1-3H3. The Morgan fingerprint density at radius 3 is 2.65 bits per heavy atom. The zero-order valence-corrected chi connectivity index (χ0v) is 15.1. The van der Waals surface area contributed by atoms with E-state index in [2.05, 4.69) is 22.0 Å². The van der Waals surface area contributed by atoms with Gasteiger partial charge >= 0.3 is 0 Å². The van der Waals surface area contributed by atoms with Crippen molar-refractivity contribution >= 4 is 27.5 Å². The SMILES string of the molecule is CCC(=O)N(O)c1c(Br)cccc1COc1ccc(C)cc1C. The van der Waals surface area contributed by atoms with Crippen LogP contribution in [-0.2, 0) is 11.4 Å². The maximum Gasteiger partial charge on any atom is 0.250 e. The highest BCUT2D eigenvalue weighted by atomic mass is 79.9. The molecule has 2 aromatic carbocycles. The van der Waals surface area contributed by atoms with Gasteiger partial charge in [0.05, 0.1) is 5.69 Å². The fourth-order valence-corrected chi connectivity index (χ4v) is 2.88. The quantitative estimate of drug-likeness (QED) is 0.602. The topological polar surface area (TPSA) is 49.8 Å². The Balaban J connectivity index is 2.26. The highest BCUT2D eigenvalue weighted by Crippen LogP contribution is 2.31. The summed E-state index contributed by atoms with van der Waals surface area (Å²) in [5, 5.41) is 10.8. The summed E-state index contributed by atoms with van der Waals surface area (Å²) in [6, 6.07) is 11.4. The molecule has 0 spiro atoms. The highest BCUT2D eigenvalue weighted by molar-refractivity contribution is 9.10. The molecule has 23 heavy (non-hydrogen) atoms. The predicted molar refractivity (Wildman–Crippen MR) is 94.0 cm³/mol. The summed E-state index contributed by atoms with van der Waals surface area (Å²) in [7, 11) is 0. The van der Waals surface area contributed by atoms with Crippen LogP contribution < -0.4 is 9.80 Å². The van der Waals surface area contributed by atoms with Crippen molar-refractivity contribution in [2.45, 2.75) is 33.8 Å². The lowest BCUT2D eigenvalue weighted by molar-refractivity contribution is -0.123. The van der Waals surface area contributed by atoms with E-state index in [0.29, 0.717) is 15.2 Å². The lowest BCUT2D eigenvalue weighted by Gasteiger charge is -2.20. The zero-order chi connectivity index (χ0) is 17.0. The third kappa shape index (κ3) is 4.12. The third-order valence-electron chi connectivity index (χ3n) is 3.53. The first kappa shape index (κ1) is 17.5. The van der Waals surface area contributed by atoms with E-state index >= 15 is 0 Å². The van der Waals surface area contributed by atoms with Crippen molar-refractivity contribution in [2.24, 2.45) is 0 Å². The predicted octanol–water partition coefficient (Wildman–Crippen LogP) is 4.78. The molecule has 0 aromatic heterocycles. The number of anilines is 1. The van der Waals surface area contributed by atoms with Crippen molar-refractivity contribution < 1.29 is 14.7 Å². The van der Waals surface area contributed by atoms with Gasteiger partial charge in [0.2, 0.25) is 5.91 Å². The first-order valence-corrected chi connectivity index (χ1v) is 8.22. The molecule has 0 saturated heterocycles. The van der Waals surface area contributed by atoms with Gasteiger partial charge in [-0.1, -0.05) is 36.8 Å². The number of carbonyl (C=O) groups is 1. The van der Waals surface area contributed by atoms with Crippen LogP contribution in [0.5, 0.6) is 5.75 Å². The lowest BCUT2D eigenvalue weighted by Crippen LogP contribution is -2.27. The number of amides is 1. The van der Waals surface area contributed by atoms with E-state index in [1.165, 1.54) is 5.56 Å². The molecule has 1 amide bonds. The molecule has 2 rings (SSSR count). The maximum absolute atomic E-state index is 11.8. The van der Waals surface area contributed by atoms with Gasteiger partial charge in [-0.2, -0.15) is 5.06 Å². The molecule has 0 atom stereocenters. The molecular weight excluding hydrogens is 358 g/mol. The van der Waals surface area contributed by atoms with Crippen LogP contribution in [0.1, 0.15) is 30.0 Å². The van der Waals surface area contributed by atoms with Crippen molar-refractivity contribution in [1.29, 1.82) is 0 Å². The second kappa shape index (κ2) is 7.62. The van der Waals surface area contributed by atoms with Gasteiger partial charge in [0.25, 0.3) is 0 Å². The summed E-state index contributed by atoms with van der Waals surface area (Å²) in [6.07, 6.45) is 0.217. The van der Waals surface area contributed by atoms with Crippen LogP contribution in [0.4, 0.5) is 5.69 Å². The van der Waals surface area contributed by atoms with E-state index in [4.69, 9.17) is 4.74 Å². The Hall–Kier alpha value is -1.85. The molecule has 5 heteroatoms. The second-order valence-electron chi connectivity index (χ2n) is 5.36. The summed E-state index contributed by atoms with van der Waals surface area (Å²) in [5.41, 5.74) is 3.37. The fourth-order valence-electron chi connectivity index (χ4n) is 2.30. The number of aryl methyl sites for hydroxylation is 2. The summed E-state index contributed by atoms with van der Waals surface area (Å²) in [5.74, 6) is 0.414. The van der Waals surface area contributed by atoms with Gasteiger partial charge < -0.3 is 4.74 Å². The average molecular weight is 378 g/mol. The molecule has 0 heterocycles. The smallest absolute Gasteiger partial charge is 0.250 e. The van der Waals surface area contributed by atoms with Crippen molar-refractivity contribution in [2.75, 3.05) is 5.06 Å².